The molecule has 0 aliphatic carbocycles. The maximum Gasteiger partial charge on any atom is 0.307 e. The van der Waals surface area contributed by atoms with E-state index in [1.165, 1.54) is 0 Å². The number of carboxylic acids is 1. The highest BCUT2D eigenvalue weighted by atomic mass is 79.9. The molecule has 0 aliphatic heterocycles. The summed E-state index contributed by atoms with van der Waals surface area (Å²) in [6.07, 6.45) is -0.424. The van der Waals surface area contributed by atoms with Gasteiger partial charge in [-0.3, -0.25) is 4.79 Å². The molecule has 1 rings (SSSR count). The van der Waals surface area contributed by atoms with Crippen LogP contribution < -0.4 is 0 Å². The maximum absolute atomic E-state index is 12.7. The zero-order valence-corrected chi connectivity index (χ0v) is 8.17. The molecule has 1 aromatic rings. The summed E-state index contributed by atoms with van der Waals surface area (Å²) >= 11 is 0. The van der Waals surface area contributed by atoms with Crippen molar-refractivity contribution in [1.29, 1.82) is 0 Å². The zero-order valence-electron chi connectivity index (χ0n) is 6.46. The normalized spacial score (nSPS) is 9.08. The Morgan fingerprint density at radius 1 is 1.38 bits per heavy atom. The minimum Gasteiger partial charge on any atom is -0.481 e. The summed E-state index contributed by atoms with van der Waals surface area (Å²) in [5, 5.41) is 8.30. The molecule has 5 heteroatoms. The van der Waals surface area contributed by atoms with Gasteiger partial charge in [-0.15, -0.1) is 17.0 Å². The zero-order chi connectivity index (χ0) is 9.14. The van der Waals surface area contributed by atoms with Gasteiger partial charge in [-0.2, -0.15) is 0 Å². The number of hydrogen-bond donors (Lipinski definition) is 1. The molecule has 0 radical (unpaired) electrons. The van der Waals surface area contributed by atoms with Gasteiger partial charge in [0.25, 0.3) is 0 Å². The number of carboxylic acid groups (broad SMARTS) is 1. The highest BCUT2D eigenvalue weighted by molar-refractivity contribution is 8.93. The van der Waals surface area contributed by atoms with E-state index in [1.807, 2.05) is 0 Å². The molecule has 0 heterocycles. The van der Waals surface area contributed by atoms with Crippen LogP contribution in [-0.2, 0) is 11.2 Å². The quantitative estimate of drug-likeness (QED) is 0.876. The molecular formula is C8H7BrF2O2. The van der Waals surface area contributed by atoms with Crippen LogP contribution >= 0.6 is 17.0 Å². The van der Waals surface area contributed by atoms with Crippen molar-refractivity contribution in [2.45, 2.75) is 6.42 Å². The molecule has 72 valence electrons. The van der Waals surface area contributed by atoms with Gasteiger partial charge in [0.05, 0.1) is 6.42 Å². The average molecular weight is 253 g/mol. The predicted molar refractivity (Wildman–Crippen MR) is 48.0 cm³/mol. The van der Waals surface area contributed by atoms with Crippen molar-refractivity contribution in [2.75, 3.05) is 0 Å². The second kappa shape index (κ2) is 4.91. The van der Waals surface area contributed by atoms with E-state index >= 15 is 0 Å². The summed E-state index contributed by atoms with van der Waals surface area (Å²) < 4.78 is 25.0. The molecule has 0 saturated heterocycles. The van der Waals surface area contributed by atoms with Gasteiger partial charge in [0, 0.05) is 6.07 Å². The van der Waals surface area contributed by atoms with Crippen molar-refractivity contribution in [3.8, 4) is 0 Å². The third-order valence-corrected chi connectivity index (χ3v) is 1.36. The molecule has 0 amide bonds. The van der Waals surface area contributed by atoms with Gasteiger partial charge in [0.15, 0.2) is 0 Å². The molecule has 0 bridgehead atoms. The second-order valence-electron chi connectivity index (χ2n) is 2.31. The molecule has 0 unspecified atom stereocenters. The van der Waals surface area contributed by atoms with Crippen LogP contribution in [-0.4, -0.2) is 11.1 Å². The molecule has 0 atom stereocenters. The van der Waals surface area contributed by atoms with E-state index in [2.05, 4.69) is 0 Å². The van der Waals surface area contributed by atoms with Crippen LogP contribution in [0.4, 0.5) is 8.78 Å². The molecule has 1 N–H and O–H groups in total. The Morgan fingerprint density at radius 2 is 2.00 bits per heavy atom. The van der Waals surface area contributed by atoms with E-state index in [0.29, 0.717) is 6.07 Å². The van der Waals surface area contributed by atoms with E-state index < -0.39 is 24.0 Å². The summed E-state index contributed by atoms with van der Waals surface area (Å²) in [5.74, 6) is -2.67. The maximum atomic E-state index is 12.7. The number of halogens is 3. The topological polar surface area (TPSA) is 37.3 Å². The van der Waals surface area contributed by atoms with Crippen LogP contribution in [0.25, 0.3) is 0 Å². The van der Waals surface area contributed by atoms with Crippen LogP contribution in [0.5, 0.6) is 0 Å². The van der Waals surface area contributed by atoms with Crippen molar-refractivity contribution in [3.63, 3.8) is 0 Å². The van der Waals surface area contributed by atoms with Gasteiger partial charge in [-0.05, 0) is 11.6 Å². The van der Waals surface area contributed by atoms with Gasteiger partial charge >= 0.3 is 5.97 Å². The average Bonchev–Trinajstić information content (AvgIpc) is 1.94. The van der Waals surface area contributed by atoms with E-state index in [-0.39, 0.29) is 22.5 Å². The monoisotopic (exact) mass is 252 g/mol. The Bertz CT molecular complexity index is 315. The Hall–Kier alpha value is -0.970. The first-order valence-corrected chi connectivity index (χ1v) is 3.25. The van der Waals surface area contributed by atoms with Crippen LogP contribution in [0.1, 0.15) is 5.56 Å². The summed E-state index contributed by atoms with van der Waals surface area (Å²) in [6, 6.07) is 2.82. The highest BCUT2D eigenvalue weighted by Crippen LogP contribution is 2.09. The van der Waals surface area contributed by atoms with Gasteiger partial charge in [0.2, 0.25) is 0 Å². The van der Waals surface area contributed by atoms with Crippen molar-refractivity contribution in [3.05, 3.63) is 35.4 Å². The Kier molecular flexibility index (Phi) is 4.55. The lowest BCUT2D eigenvalue weighted by Gasteiger charge is -1.98. The fraction of sp³-hybridized carbons (Fsp3) is 0.125. The number of rotatable bonds is 2. The van der Waals surface area contributed by atoms with Crippen LogP contribution in [0, 0.1) is 11.6 Å². The predicted octanol–water partition coefficient (Wildman–Crippen LogP) is 2.17. The molecule has 0 spiro atoms. The first-order chi connectivity index (χ1) is 5.59. The smallest absolute Gasteiger partial charge is 0.307 e. The summed E-state index contributed by atoms with van der Waals surface area (Å²) in [6.45, 7) is 0. The molecule has 13 heavy (non-hydrogen) atoms. The Balaban J connectivity index is 0.00000144. The Labute approximate surface area is 84.0 Å². The van der Waals surface area contributed by atoms with Crippen LogP contribution in [0.2, 0.25) is 0 Å². The first-order valence-electron chi connectivity index (χ1n) is 3.25. The van der Waals surface area contributed by atoms with E-state index in [4.69, 9.17) is 5.11 Å². The second-order valence-corrected chi connectivity index (χ2v) is 2.31. The summed E-state index contributed by atoms with van der Waals surface area (Å²) in [7, 11) is 0. The molecule has 2 nitrogen and oxygen atoms in total. The molecule has 0 aliphatic rings. The first kappa shape index (κ1) is 12.0. The number of carbonyl (C=O) groups is 1. The minimum atomic E-state index is -1.14. The largest absolute Gasteiger partial charge is 0.481 e. The van der Waals surface area contributed by atoms with Gasteiger partial charge in [0.1, 0.15) is 11.6 Å². The third kappa shape index (κ3) is 3.50. The van der Waals surface area contributed by atoms with Gasteiger partial charge in [-0.1, -0.05) is 6.07 Å². The number of aliphatic carboxylic acids is 1. The summed E-state index contributed by atoms with van der Waals surface area (Å²) in [4.78, 5) is 10.1. The van der Waals surface area contributed by atoms with Crippen molar-refractivity contribution >= 4 is 23.0 Å². The lowest BCUT2D eigenvalue weighted by atomic mass is 10.1. The van der Waals surface area contributed by atoms with Crippen molar-refractivity contribution in [2.24, 2.45) is 0 Å². The van der Waals surface area contributed by atoms with E-state index in [1.54, 1.807) is 0 Å². The van der Waals surface area contributed by atoms with Crippen LogP contribution in [0.15, 0.2) is 18.2 Å². The Morgan fingerprint density at radius 3 is 2.46 bits per heavy atom. The number of hydrogen-bond acceptors (Lipinski definition) is 1. The molecule has 1 aromatic carbocycles. The SMILES string of the molecule is Br.O=C(O)Cc1ccc(F)cc1F. The van der Waals surface area contributed by atoms with Crippen molar-refractivity contribution < 1.29 is 18.7 Å². The molecule has 0 saturated carbocycles. The van der Waals surface area contributed by atoms with Gasteiger partial charge in [-0.25, -0.2) is 8.78 Å². The highest BCUT2D eigenvalue weighted by Gasteiger charge is 2.06. The van der Waals surface area contributed by atoms with Crippen molar-refractivity contribution in [1.82, 2.24) is 0 Å². The summed E-state index contributed by atoms with van der Waals surface area (Å²) in [5.41, 5.74) is -0.0103. The molecular weight excluding hydrogens is 246 g/mol. The standard InChI is InChI=1S/C8H6F2O2.BrH/c9-6-2-1-5(3-8(11)12)7(10)4-6;/h1-2,4H,3H2,(H,11,12);1H. The molecule has 0 fully saturated rings. The van der Waals surface area contributed by atoms with Gasteiger partial charge < -0.3 is 5.11 Å². The van der Waals surface area contributed by atoms with E-state index in [0.717, 1.165) is 12.1 Å². The lowest BCUT2D eigenvalue weighted by Crippen LogP contribution is -2.02. The molecule has 0 aromatic heterocycles. The fourth-order valence-corrected chi connectivity index (χ4v) is 0.828. The third-order valence-electron chi connectivity index (χ3n) is 1.36. The number of benzene rings is 1. The van der Waals surface area contributed by atoms with Crippen LogP contribution in [0.3, 0.4) is 0 Å². The fourth-order valence-electron chi connectivity index (χ4n) is 0.828. The van der Waals surface area contributed by atoms with E-state index in [9.17, 15) is 13.6 Å². The lowest BCUT2D eigenvalue weighted by molar-refractivity contribution is -0.136. The minimum absolute atomic E-state index is 0.